The summed E-state index contributed by atoms with van der Waals surface area (Å²) in [6, 6.07) is 6.04. The van der Waals surface area contributed by atoms with Crippen LogP contribution in [-0.2, 0) is 6.42 Å². The molecule has 0 aliphatic carbocycles. The predicted molar refractivity (Wildman–Crippen MR) is 77.7 cm³/mol. The molecule has 1 aromatic carbocycles. The number of methoxy groups -OCH3 is 1. The van der Waals surface area contributed by atoms with E-state index in [1.807, 2.05) is 32.3 Å². The van der Waals surface area contributed by atoms with E-state index in [1.54, 1.807) is 7.11 Å². The van der Waals surface area contributed by atoms with Crippen molar-refractivity contribution < 1.29 is 4.74 Å². The van der Waals surface area contributed by atoms with Crippen LogP contribution in [0.15, 0.2) is 24.4 Å². The van der Waals surface area contributed by atoms with Crippen molar-refractivity contribution in [2.45, 2.75) is 20.3 Å². The molecule has 0 aliphatic rings. The van der Waals surface area contributed by atoms with E-state index >= 15 is 0 Å². The second-order valence-electron chi connectivity index (χ2n) is 4.36. The van der Waals surface area contributed by atoms with Crippen molar-refractivity contribution in [3.8, 4) is 17.1 Å². The zero-order chi connectivity index (χ0) is 13.8. The van der Waals surface area contributed by atoms with Gasteiger partial charge in [0.05, 0.1) is 7.11 Å². The van der Waals surface area contributed by atoms with E-state index < -0.39 is 0 Å². The maximum Gasteiger partial charge on any atom is 0.161 e. The van der Waals surface area contributed by atoms with Crippen LogP contribution < -0.4 is 10.1 Å². The number of nitrogens with zero attached hydrogens (tertiary/aromatic N) is 2. The van der Waals surface area contributed by atoms with Crippen LogP contribution >= 0.6 is 0 Å². The fourth-order valence-electron chi connectivity index (χ4n) is 2.03. The highest BCUT2D eigenvalue weighted by Crippen LogP contribution is 2.26. The molecule has 2 rings (SSSR count). The molecular weight excluding hydrogens is 238 g/mol. The van der Waals surface area contributed by atoms with Crippen molar-refractivity contribution in [2.75, 3.05) is 19.5 Å². The van der Waals surface area contributed by atoms with E-state index in [0.29, 0.717) is 0 Å². The Morgan fingerprint density at radius 2 is 2.11 bits per heavy atom. The largest absolute Gasteiger partial charge is 0.496 e. The lowest BCUT2D eigenvalue weighted by Gasteiger charge is -2.10. The summed E-state index contributed by atoms with van der Waals surface area (Å²) in [6.45, 7) is 4.10. The highest BCUT2D eigenvalue weighted by Gasteiger charge is 2.08. The van der Waals surface area contributed by atoms with Gasteiger partial charge in [-0.25, -0.2) is 9.97 Å². The van der Waals surface area contributed by atoms with Gasteiger partial charge < -0.3 is 10.1 Å². The normalized spacial score (nSPS) is 10.3. The molecule has 0 saturated carbocycles. The Bertz CT molecular complexity index is 582. The first-order chi connectivity index (χ1) is 9.19. The Hall–Kier alpha value is -2.10. The van der Waals surface area contributed by atoms with Gasteiger partial charge in [-0.2, -0.15) is 0 Å². The minimum absolute atomic E-state index is 0.729. The molecule has 0 amide bonds. The van der Waals surface area contributed by atoms with E-state index in [0.717, 1.165) is 40.5 Å². The summed E-state index contributed by atoms with van der Waals surface area (Å²) in [7, 11) is 3.56. The second-order valence-corrected chi connectivity index (χ2v) is 4.36. The molecule has 0 aliphatic heterocycles. The van der Waals surface area contributed by atoms with Gasteiger partial charge in [0.25, 0.3) is 0 Å². The third-order valence-electron chi connectivity index (χ3n) is 3.13. The summed E-state index contributed by atoms with van der Waals surface area (Å²) in [5, 5.41) is 3.08. The zero-order valence-electron chi connectivity index (χ0n) is 11.8. The topological polar surface area (TPSA) is 47.0 Å². The number of nitrogens with one attached hydrogen (secondary N) is 1. The van der Waals surface area contributed by atoms with E-state index in [-0.39, 0.29) is 0 Å². The molecule has 1 N–H and O–H groups in total. The van der Waals surface area contributed by atoms with Crippen molar-refractivity contribution in [3.05, 3.63) is 35.5 Å². The second kappa shape index (κ2) is 5.69. The first-order valence-electron chi connectivity index (χ1n) is 6.38. The monoisotopic (exact) mass is 257 g/mol. The number of hydrogen-bond acceptors (Lipinski definition) is 4. The van der Waals surface area contributed by atoms with Crippen molar-refractivity contribution in [2.24, 2.45) is 0 Å². The number of aromatic nitrogens is 2. The maximum atomic E-state index is 5.34. The third kappa shape index (κ3) is 2.67. The number of aryl methyl sites for hydroxylation is 2. The molecule has 0 saturated heterocycles. The molecule has 100 valence electrons. The fraction of sp³-hybridized carbons (Fsp3) is 0.333. The van der Waals surface area contributed by atoms with Gasteiger partial charge in [-0.3, -0.25) is 0 Å². The number of rotatable bonds is 4. The van der Waals surface area contributed by atoms with Crippen LogP contribution in [0.3, 0.4) is 0 Å². The molecule has 2 aromatic rings. The first-order valence-corrected chi connectivity index (χ1v) is 6.38. The van der Waals surface area contributed by atoms with Crippen LogP contribution in [0.25, 0.3) is 11.4 Å². The van der Waals surface area contributed by atoms with Crippen molar-refractivity contribution in [3.63, 3.8) is 0 Å². The quantitative estimate of drug-likeness (QED) is 0.914. The first kappa shape index (κ1) is 13.3. The molecule has 0 radical (unpaired) electrons. The van der Waals surface area contributed by atoms with Crippen LogP contribution in [0.1, 0.15) is 18.1 Å². The maximum absolute atomic E-state index is 5.34. The molecule has 0 spiro atoms. The van der Waals surface area contributed by atoms with Gasteiger partial charge in [0.15, 0.2) is 5.82 Å². The summed E-state index contributed by atoms with van der Waals surface area (Å²) in [5.41, 5.74) is 3.21. The minimum atomic E-state index is 0.729. The molecule has 4 nitrogen and oxygen atoms in total. The summed E-state index contributed by atoms with van der Waals surface area (Å²) in [5.74, 6) is 2.50. The molecular formula is C15H19N3O. The van der Waals surface area contributed by atoms with Crippen LogP contribution in [0.4, 0.5) is 5.82 Å². The lowest BCUT2D eigenvalue weighted by molar-refractivity contribution is 0.410. The molecule has 4 heteroatoms. The smallest absolute Gasteiger partial charge is 0.161 e. The fourth-order valence-corrected chi connectivity index (χ4v) is 2.03. The van der Waals surface area contributed by atoms with Gasteiger partial charge in [0.1, 0.15) is 11.6 Å². The van der Waals surface area contributed by atoms with E-state index in [1.165, 1.54) is 0 Å². The highest BCUT2D eigenvalue weighted by atomic mass is 16.5. The van der Waals surface area contributed by atoms with Gasteiger partial charge in [-0.15, -0.1) is 0 Å². The van der Waals surface area contributed by atoms with Crippen LogP contribution in [-0.4, -0.2) is 24.1 Å². The lowest BCUT2D eigenvalue weighted by atomic mass is 10.1. The van der Waals surface area contributed by atoms with Gasteiger partial charge in [0, 0.05) is 24.4 Å². The summed E-state index contributed by atoms with van der Waals surface area (Å²) < 4.78 is 5.34. The highest BCUT2D eigenvalue weighted by molar-refractivity contribution is 5.61. The Balaban J connectivity index is 2.47. The summed E-state index contributed by atoms with van der Waals surface area (Å²) in [4.78, 5) is 8.92. The van der Waals surface area contributed by atoms with Crippen LogP contribution in [0.5, 0.6) is 5.75 Å². The summed E-state index contributed by atoms with van der Waals surface area (Å²) in [6.07, 6.45) is 2.76. The van der Waals surface area contributed by atoms with E-state index in [9.17, 15) is 0 Å². The average molecular weight is 257 g/mol. The molecule has 0 fully saturated rings. The van der Waals surface area contributed by atoms with Crippen LogP contribution in [0, 0.1) is 6.92 Å². The Morgan fingerprint density at radius 1 is 1.32 bits per heavy atom. The standard InChI is InChI=1S/C15H19N3O/c1-5-11-8-12(6-7-13(11)19-4)15-17-9-10(2)14(16-3)18-15/h6-9H,5H2,1-4H3,(H,16,17,18). The number of anilines is 1. The Kier molecular flexibility index (Phi) is 4.00. The number of ether oxygens (including phenoxy) is 1. The summed E-state index contributed by atoms with van der Waals surface area (Å²) >= 11 is 0. The predicted octanol–water partition coefficient (Wildman–Crippen LogP) is 3.06. The molecule has 0 atom stereocenters. The number of hydrogen-bond donors (Lipinski definition) is 1. The average Bonchev–Trinajstić information content (AvgIpc) is 2.47. The van der Waals surface area contributed by atoms with Crippen LogP contribution in [0.2, 0.25) is 0 Å². The minimum Gasteiger partial charge on any atom is -0.496 e. The Morgan fingerprint density at radius 3 is 2.74 bits per heavy atom. The molecule has 0 unspecified atom stereocenters. The van der Waals surface area contributed by atoms with Gasteiger partial charge in [0.2, 0.25) is 0 Å². The molecule has 1 aromatic heterocycles. The van der Waals surface area contributed by atoms with Gasteiger partial charge in [-0.1, -0.05) is 6.92 Å². The molecule has 19 heavy (non-hydrogen) atoms. The zero-order valence-corrected chi connectivity index (χ0v) is 11.8. The number of benzene rings is 1. The Labute approximate surface area is 113 Å². The van der Waals surface area contributed by atoms with Gasteiger partial charge in [-0.05, 0) is 37.1 Å². The van der Waals surface area contributed by atoms with Crippen molar-refractivity contribution in [1.29, 1.82) is 0 Å². The van der Waals surface area contributed by atoms with Crippen molar-refractivity contribution in [1.82, 2.24) is 9.97 Å². The molecule has 0 bridgehead atoms. The van der Waals surface area contributed by atoms with Crippen molar-refractivity contribution >= 4 is 5.82 Å². The van der Waals surface area contributed by atoms with E-state index in [2.05, 4.69) is 28.3 Å². The molecule has 1 heterocycles. The van der Waals surface area contributed by atoms with E-state index in [4.69, 9.17) is 4.74 Å². The third-order valence-corrected chi connectivity index (χ3v) is 3.13. The lowest BCUT2D eigenvalue weighted by Crippen LogP contribution is -2.00. The SMILES string of the molecule is CCc1cc(-c2ncc(C)c(NC)n2)ccc1OC. The van der Waals surface area contributed by atoms with Gasteiger partial charge >= 0.3 is 0 Å².